The smallest absolute Gasteiger partial charge is 0.0853 e. The number of aromatic nitrogens is 2. The van der Waals surface area contributed by atoms with E-state index in [0.717, 1.165) is 28.7 Å². The predicted octanol–water partition coefficient (Wildman–Crippen LogP) is 4.31. The largest absolute Gasteiger partial charge is 0.375 e. The predicted molar refractivity (Wildman–Crippen MR) is 83.4 cm³/mol. The lowest BCUT2D eigenvalue weighted by molar-refractivity contribution is 0.746. The van der Waals surface area contributed by atoms with E-state index in [0.29, 0.717) is 6.04 Å². The van der Waals surface area contributed by atoms with Crippen molar-refractivity contribution in [3.63, 3.8) is 0 Å². The quantitative estimate of drug-likeness (QED) is 0.889. The minimum atomic E-state index is 0.322. The second-order valence-corrected chi connectivity index (χ2v) is 5.59. The van der Waals surface area contributed by atoms with Crippen molar-refractivity contribution in [2.75, 3.05) is 5.32 Å². The molecule has 0 amide bonds. The van der Waals surface area contributed by atoms with Gasteiger partial charge in [0.2, 0.25) is 0 Å². The van der Waals surface area contributed by atoms with Gasteiger partial charge >= 0.3 is 0 Å². The molecule has 0 bridgehead atoms. The van der Waals surface area contributed by atoms with E-state index in [1.54, 1.807) is 0 Å². The Morgan fingerprint density at radius 1 is 1.26 bits per heavy atom. The fourth-order valence-electron chi connectivity index (χ4n) is 2.22. The molecule has 0 aliphatic carbocycles. The Morgan fingerprint density at radius 3 is 2.53 bits per heavy atom. The molecular formula is C15H20BrN3. The highest BCUT2D eigenvalue weighted by Crippen LogP contribution is 2.25. The molecule has 1 atom stereocenters. The van der Waals surface area contributed by atoms with Crippen LogP contribution in [0.25, 0.3) is 0 Å². The van der Waals surface area contributed by atoms with Crippen molar-refractivity contribution in [2.45, 2.75) is 32.7 Å². The van der Waals surface area contributed by atoms with E-state index >= 15 is 0 Å². The van der Waals surface area contributed by atoms with Gasteiger partial charge in [0.1, 0.15) is 0 Å². The zero-order chi connectivity index (χ0) is 13.8. The van der Waals surface area contributed by atoms with Crippen molar-refractivity contribution in [3.8, 4) is 0 Å². The second-order valence-electron chi connectivity index (χ2n) is 4.67. The Morgan fingerprint density at radius 2 is 1.95 bits per heavy atom. The first-order chi connectivity index (χ1) is 9.13. The maximum Gasteiger partial charge on any atom is 0.0853 e. The zero-order valence-electron chi connectivity index (χ0n) is 11.7. The summed E-state index contributed by atoms with van der Waals surface area (Å²) in [6.07, 6.45) is 4.04. The normalized spacial score (nSPS) is 12.4. The standard InChI is InChI=1S/C15H20BrN3/c1-4-13(11-6-8-12(16)9-7-11)17-15-10-19(3)18-14(15)5-2/h6-10,13,17H,4-5H2,1-3H3. The minimum Gasteiger partial charge on any atom is -0.375 e. The van der Waals surface area contributed by atoms with Gasteiger partial charge in [-0.3, -0.25) is 4.68 Å². The van der Waals surface area contributed by atoms with Crippen LogP contribution in [0.2, 0.25) is 0 Å². The molecule has 3 nitrogen and oxygen atoms in total. The lowest BCUT2D eigenvalue weighted by Gasteiger charge is -2.18. The van der Waals surface area contributed by atoms with Crippen molar-refractivity contribution < 1.29 is 0 Å². The van der Waals surface area contributed by atoms with Crippen LogP contribution in [0.5, 0.6) is 0 Å². The molecule has 1 aromatic carbocycles. The van der Waals surface area contributed by atoms with E-state index in [-0.39, 0.29) is 0 Å². The third-order valence-corrected chi connectivity index (χ3v) is 3.78. The van der Waals surface area contributed by atoms with Gasteiger partial charge < -0.3 is 5.32 Å². The summed E-state index contributed by atoms with van der Waals surface area (Å²) < 4.78 is 2.98. The zero-order valence-corrected chi connectivity index (χ0v) is 13.2. The lowest BCUT2D eigenvalue weighted by atomic mass is 10.0. The van der Waals surface area contributed by atoms with Crippen molar-refractivity contribution in [3.05, 3.63) is 46.2 Å². The molecule has 0 aliphatic heterocycles. The van der Waals surface area contributed by atoms with Crippen LogP contribution in [0.4, 0.5) is 5.69 Å². The van der Waals surface area contributed by atoms with Gasteiger partial charge in [0, 0.05) is 17.7 Å². The van der Waals surface area contributed by atoms with Gasteiger partial charge in [0.15, 0.2) is 0 Å². The summed E-state index contributed by atoms with van der Waals surface area (Å²) in [5, 5.41) is 8.08. The van der Waals surface area contributed by atoms with Crippen LogP contribution in [0.3, 0.4) is 0 Å². The first-order valence-corrected chi connectivity index (χ1v) is 7.47. The number of aryl methyl sites for hydroxylation is 2. The second kappa shape index (κ2) is 6.24. The van der Waals surface area contributed by atoms with Crippen LogP contribution in [0, 0.1) is 0 Å². The maximum atomic E-state index is 4.47. The van der Waals surface area contributed by atoms with Crippen LogP contribution in [-0.2, 0) is 13.5 Å². The fourth-order valence-corrected chi connectivity index (χ4v) is 2.48. The van der Waals surface area contributed by atoms with Gasteiger partial charge in [-0.05, 0) is 30.5 Å². The van der Waals surface area contributed by atoms with E-state index in [2.05, 4.69) is 70.7 Å². The molecule has 2 rings (SSSR count). The van der Waals surface area contributed by atoms with Crippen LogP contribution < -0.4 is 5.32 Å². The molecule has 0 spiro atoms. The average Bonchev–Trinajstić information content (AvgIpc) is 2.77. The molecule has 4 heteroatoms. The summed E-state index contributed by atoms with van der Waals surface area (Å²) in [6, 6.07) is 8.82. The van der Waals surface area contributed by atoms with Crippen molar-refractivity contribution in [1.82, 2.24) is 9.78 Å². The van der Waals surface area contributed by atoms with Crippen LogP contribution >= 0.6 is 15.9 Å². The van der Waals surface area contributed by atoms with Gasteiger partial charge in [-0.2, -0.15) is 5.10 Å². The highest BCUT2D eigenvalue weighted by atomic mass is 79.9. The molecule has 102 valence electrons. The minimum absolute atomic E-state index is 0.322. The topological polar surface area (TPSA) is 29.9 Å². The summed E-state index contributed by atoms with van der Waals surface area (Å²) in [6.45, 7) is 4.33. The average molecular weight is 322 g/mol. The Bertz CT molecular complexity index is 531. The molecule has 0 saturated carbocycles. The van der Waals surface area contributed by atoms with Gasteiger partial charge in [-0.15, -0.1) is 0 Å². The van der Waals surface area contributed by atoms with E-state index < -0.39 is 0 Å². The Kier molecular flexibility index (Phi) is 4.64. The summed E-state index contributed by atoms with van der Waals surface area (Å²) in [5.41, 5.74) is 3.56. The molecule has 1 aromatic heterocycles. The van der Waals surface area contributed by atoms with E-state index in [4.69, 9.17) is 0 Å². The number of nitrogens with zero attached hydrogens (tertiary/aromatic N) is 2. The molecular weight excluding hydrogens is 302 g/mol. The molecule has 19 heavy (non-hydrogen) atoms. The van der Waals surface area contributed by atoms with Crippen molar-refractivity contribution >= 4 is 21.6 Å². The highest BCUT2D eigenvalue weighted by molar-refractivity contribution is 9.10. The van der Waals surface area contributed by atoms with Crippen molar-refractivity contribution in [2.24, 2.45) is 7.05 Å². The SMILES string of the molecule is CCc1nn(C)cc1NC(CC)c1ccc(Br)cc1. The molecule has 1 unspecified atom stereocenters. The summed E-state index contributed by atoms with van der Waals surface area (Å²) >= 11 is 3.48. The number of hydrogen-bond acceptors (Lipinski definition) is 2. The van der Waals surface area contributed by atoms with Crippen LogP contribution in [-0.4, -0.2) is 9.78 Å². The molecule has 0 fully saturated rings. The number of anilines is 1. The van der Waals surface area contributed by atoms with Gasteiger partial charge in [-0.25, -0.2) is 0 Å². The Balaban J connectivity index is 2.21. The summed E-state index contributed by atoms with van der Waals surface area (Å²) in [5.74, 6) is 0. The molecule has 2 aromatic rings. The third-order valence-electron chi connectivity index (χ3n) is 3.25. The fraction of sp³-hybridized carbons (Fsp3) is 0.400. The summed E-state index contributed by atoms with van der Waals surface area (Å²) in [7, 11) is 1.96. The van der Waals surface area contributed by atoms with Crippen LogP contribution in [0.15, 0.2) is 34.9 Å². The number of hydrogen-bond donors (Lipinski definition) is 1. The van der Waals surface area contributed by atoms with E-state index in [9.17, 15) is 0 Å². The number of halogens is 1. The Hall–Kier alpha value is -1.29. The first kappa shape index (κ1) is 14.1. The van der Waals surface area contributed by atoms with Crippen LogP contribution in [0.1, 0.15) is 37.6 Å². The molecule has 0 aliphatic rings. The highest BCUT2D eigenvalue weighted by Gasteiger charge is 2.13. The van der Waals surface area contributed by atoms with Gasteiger partial charge in [0.05, 0.1) is 17.4 Å². The van der Waals surface area contributed by atoms with Crippen molar-refractivity contribution in [1.29, 1.82) is 0 Å². The van der Waals surface area contributed by atoms with E-state index in [1.807, 2.05) is 11.7 Å². The first-order valence-electron chi connectivity index (χ1n) is 6.68. The number of benzene rings is 1. The number of rotatable bonds is 5. The summed E-state index contributed by atoms with van der Waals surface area (Å²) in [4.78, 5) is 0. The van der Waals surface area contributed by atoms with E-state index in [1.165, 1.54) is 5.56 Å². The Labute approximate surface area is 123 Å². The monoisotopic (exact) mass is 321 g/mol. The number of nitrogens with one attached hydrogen (secondary N) is 1. The van der Waals surface area contributed by atoms with Gasteiger partial charge in [0.25, 0.3) is 0 Å². The molecule has 0 saturated heterocycles. The molecule has 1 heterocycles. The maximum absolute atomic E-state index is 4.47. The molecule has 1 N–H and O–H groups in total. The third kappa shape index (κ3) is 3.38. The lowest BCUT2D eigenvalue weighted by Crippen LogP contribution is -2.10. The van der Waals surface area contributed by atoms with Gasteiger partial charge in [-0.1, -0.05) is 41.9 Å². The molecule has 0 radical (unpaired) electrons.